The molecule has 2 unspecified atom stereocenters. The zero-order valence-electron chi connectivity index (χ0n) is 9.28. The third kappa shape index (κ3) is 4.49. The molecule has 0 saturated heterocycles. The molecule has 0 heterocycles. The minimum Gasteiger partial charge on any atom is -0.395 e. The maximum absolute atomic E-state index is 11.5. The maximum Gasteiger partial charge on any atom is 0.214 e. The Morgan fingerprint density at radius 3 is 2.60 bits per heavy atom. The lowest BCUT2D eigenvalue weighted by Crippen LogP contribution is -2.40. The molecule has 2 atom stereocenters. The average Bonchev–Trinajstić information content (AvgIpc) is 2.31. The largest absolute Gasteiger partial charge is 0.395 e. The molecule has 1 saturated carbocycles. The molecule has 0 bridgehead atoms. The summed E-state index contributed by atoms with van der Waals surface area (Å²) < 4.78 is 25.7. The summed E-state index contributed by atoms with van der Waals surface area (Å²) in [6, 6.07) is 0.0593. The molecule has 4 nitrogen and oxygen atoms in total. The van der Waals surface area contributed by atoms with Gasteiger partial charge in [-0.1, -0.05) is 26.2 Å². The molecule has 90 valence electrons. The van der Waals surface area contributed by atoms with Gasteiger partial charge in [0.2, 0.25) is 10.0 Å². The van der Waals surface area contributed by atoms with Crippen LogP contribution >= 0.6 is 0 Å². The van der Waals surface area contributed by atoms with E-state index in [0.717, 1.165) is 19.3 Å². The number of rotatable bonds is 4. The van der Waals surface area contributed by atoms with Crippen LogP contribution in [0.2, 0.25) is 0 Å². The van der Waals surface area contributed by atoms with Gasteiger partial charge in [-0.25, -0.2) is 13.1 Å². The van der Waals surface area contributed by atoms with Crippen LogP contribution in [0.15, 0.2) is 0 Å². The van der Waals surface area contributed by atoms with Gasteiger partial charge in [0.25, 0.3) is 0 Å². The Balaban J connectivity index is 2.54. The highest BCUT2D eigenvalue weighted by atomic mass is 32.2. The first-order valence-corrected chi connectivity index (χ1v) is 7.31. The van der Waals surface area contributed by atoms with Gasteiger partial charge >= 0.3 is 0 Å². The van der Waals surface area contributed by atoms with Gasteiger partial charge in [0.1, 0.15) is 0 Å². The summed E-state index contributed by atoms with van der Waals surface area (Å²) in [4.78, 5) is 0. The zero-order valence-corrected chi connectivity index (χ0v) is 10.1. The van der Waals surface area contributed by atoms with Crippen LogP contribution in [0.5, 0.6) is 0 Å². The van der Waals surface area contributed by atoms with E-state index in [0.29, 0.717) is 5.92 Å². The summed E-state index contributed by atoms with van der Waals surface area (Å²) in [7, 11) is -3.28. The minimum atomic E-state index is -3.28. The predicted octanol–water partition coefficient (Wildman–Crippen LogP) is 0.867. The molecule has 0 aromatic rings. The first-order valence-electron chi connectivity index (χ1n) is 5.66. The van der Waals surface area contributed by atoms with Crippen LogP contribution in [0.3, 0.4) is 0 Å². The summed E-state index contributed by atoms with van der Waals surface area (Å²) in [5.74, 6) is 0.219. The molecule has 2 N–H and O–H groups in total. The molecule has 1 aliphatic carbocycles. The average molecular weight is 235 g/mol. The smallest absolute Gasteiger partial charge is 0.214 e. The molecule has 15 heavy (non-hydrogen) atoms. The standard InChI is InChI=1S/C10H21NO3S/c1-9-5-3-2-4-6-10(9)11-15(13,14)8-7-12/h9-12H,2-8H2,1H3. The fourth-order valence-electron chi connectivity index (χ4n) is 2.08. The Hall–Kier alpha value is -0.130. The zero-order chi connectivity index (χ0) is 11.3. The van der Waals surface area contributed by atoms with Crippen molar-refractivity contribution in [3.63, 3.8) is 0 Å². The number of nitrogens with one attached hydrogen (secondary N) is 1. The molecule has 0 aliphatic heterocycles. The SMILES string of the molecule is CC1CCCCCC1NS(=O)(=O)CCO. The number of aliphatic hydroxyl groups is 1. The lowest BCUT2D eigenvalue weighted by Gasteiger charge is -2.22. The molecule has 0 spiro atoms. The van der Waals surface area contributed by atoms with Crippen LogP contribution in [-0.2, 0) is 10.0 Å². The molecule has 1 rings (SSSR count). The van der Waals surface area contributed by atoms with Gasteiger partial charge in [0.15, 0.2) is 0 Å². The molecular weight excluding hydrogens is 214 g/mol. The van der Waals surface area contributed by atoms with Gasteiger partial charge in [-0.3, -0.25) is 0 Å². The van der Waals surface area contributed by atoms with Crippen molar-refractivity contribution in [2.24, 2.45) is 5.92 Å². The van der Waals surface area contributed by atoms with E-state index in [2.05, 4.69) is 11.6 Å². The second kappa shape index (κ2) is 5.82. The second-order valence-electron chi connectivity index (χ2n) is 4.38. The van der Waals surface area contributed by atoms with Gasteiger partial charge in [-0.2, -0.15) is 0 Å². The molecule has 0 radical (unpaired) electrons. The molecule has 1 fully saturated rings. The first kappa shape index (κ1) is 12.9. The quantitative estimate of drug-likeness (QED) is 0.710. The summed E-state index contributed by atoms with van der Waals surface area (Å²) >= 11 is 0. The number of hydrogen-bond acceptors (Lipinski definition) is 3. The van der Waals surface area contributed by atoms with Crippen molar-refractivity contribution in [1.82, 2.24) is 4.72 Å². The Morgan fingerprint density at radius 1 is 1.27 bits per heavy atom. The van der Waals surface area contributed by atoms with E-state index in [1.807, 2.05) is 0 Å². The van der Waals surface area contributed by atoms with Crippen molar-refractivity contribution >= 4 is 10.0 Å². The Morgan fingerprint density at radius 2 is 1.93 bits per heavy atom. The highest BCUT2D eigenvalue weighted by molar-refractivity contribution is 7.89. The minimum absolute atomic E-state index is 0.0593. The normalized spacial score (nSPS) is 28.7. The number of aliphatic hydroxyl groups excluding tert-OH is 1. The van der Waals surface area contributed by atoms with Crippen LogP contribution in [-0.4, -0.2) is 31.9 Å². The van der Waals surface area contributed by atoms with Gasteiger partial charge in [-0.05, 0) is 18.8 Å². The van der Waals surface area contributed by atoms with Gasteiger partial charge in [0.05, 0.1) is 12.4 Å². The van der Waals surface area contributed by atoms with Crippen molar-refractivity contribution in [3.05, 3.63) is 0 Å². The van der Waals surface area contributed by atoms with E-state index in [4.69, 9.17) is 5.11 Å². The fourth-order valence-corrected chi connectivity index (χ4v) is 3.25. The van der Waals surface area contributed by atoms with Crippen molar-refractivity contribution < 1.29 is 13.5 Å². The lowest BCUT2D eigenvalue weighted by atomic mass is 9.98. The van der Waals surface area contributed by atoms with E-state index in [1.54, 1.807) is 0 Å². The van der Waals surface area contributed by atoms with Gasteiger partial charge in [0, 0.05) is 6.04 Å². The number of hydrogen-bond donors (Lipinski definition) is 2. The molecule has 0 aromatic carbocycles. The van der Waals surface area contributed by atoms with E-state index in [-0.39, 0.29) is 18.4 Å². The Kier molecular flexibility index (Phi) is 5.02. The topological polar surface area (TPSA) is 66.4 Å². The molecule has 1 aliphatic rings. The molecular formula is C10H21NO3S. The van der Waals surface area contributed by atoms with Crippen molar-refractivity contribution in [2.75, 3.05) is 12.4 Å². The van der Waals surface area contributed by atoms with Crippen LogP contribution in [0.4, 0.5) is 0 Å². The summed E-state index contributed by atoms with van der Waals surface area (Å²) in [6.07, 6.45) is 5.50. The summed E-state index contributed by atoms with van der Waals surface area (Å²) in [6.45, 7) is 1.79. The van der Waals surface area contributed by atoms with E-state index in [9.17, 15) is 8.42 Å². The number of sulfonamides is 1. The fraction of sp³-hybridized carbons (Fsp3) is 1.00. The van der Waals surface area contributed by atoms with Gasteiger partial charge < -0.3 is 5.11 Å². The summed E-state index contributed by atoms with van der Waals surface area (Å²) in [5, 5.41) is 8.63. The highest BCUT2D eigenvalue weighted by Gasteiger charge is 2.24. The van der Waals surface area contributed by atoms with Crippen LogP contribution in [0.1, 0.15) is 39.0 Å². The van der Waals surface area contributed by atoms with Crippen LogP contribution in [0, 0.1) is 5.92 Å². The van der Waals surface area contributed by atoms with E-state index in [1.165, 1.54) is 12.8 Å². The third-order valence-corrected chi connectivity index (χ3v) is 4.43. The van der Waals surface area contributed by atoms with Crippen molar-refractivity contribution in [3.8, 4) is 0 Å². The van der Waals surface area contributed by atoms with E-state index < -0.39 is 10.0 Å². The first-order chi connectivity index (χ1) is 7.05. The highest BCUT2D eigenvalue weighted by Crippen LogP contribution is 2.23. The van der Waals surface area contributed by atoms with E-state index >= 15 is 0 Å². The monoisotopic (exact) mass is 235 g/mol. The van der Waals surface area contributed by atoms with Crippen LogP contribution in [0.25, 0.3) is 0 Å². The predicted molar refractivity (Wildman–Crippen MR) is 60.0 cm³/mol. The van der Waals surface area contributed by atoms with Crippen molar-refractivity contribution in [2.45, 2.75) is 45.1 Å². The van der Waals surface area contributed by atoms with Crippen molar-refractivity contribution in [1.29, 1.82) is 0 Å². The van der Waals surface area contributed by atoms with Gasteiger partial charge in [-0.15, -0.1) is 0 Å². The maximum atomic E-state index is 11.5. The Labute approximate surface area is 92.1 Å². The van der Waals surface area contributed by atoms with Crippen LogP contribution < -0.4 is 4.72 Å². The summed E-state index contributed by atoms with van der Waals surface area (Å²) in [5.41, 5.74) is 0. The Bertz CT molecular complexity index is 276. The molecule has 0 aromatic heterocycles. The molecule has 5 heteroatoms. The lowest BCUT2D eigenvalue weighted by molar-refractivity contribution is 0.317. The third-order valence-electron chi connectivity index (χ3n) is 3.05. The second-order valence-corrected chi connectivity index (χ2v) is 6.26. The molecule has 0 amide bonds.